The molecule has 7 heteroatoms. The van der Waals surface area contributed by atoms with Gasteiger partial charge in [-0.3, -0.25) is 19.4 Å². The highest BCUT2D eigenvalue weighted by molar-refractivity contribution is 5.85. The summed E-state index contributed by atoms with van der Waals surface area (Å²) in [6, 6.07) is 14.8. The first-order chi connectivity index (χ1) is 14.0. The van der Waals surface area contributed by atoms with Gasteiger partial charge in [-0.05, 0) is 48.7 Å². The summed E-state index contributed by atoms with van der Waals surface area (Å²) in [5.74, 6) is -0.752. The number of fused-ring (bicyclic) bond motifs is 1. The summed E-state index contributed by atoms with van der Waals surface area (Å²) in [7, 11) is 0. The number of halogens is 1. The minimum Gasteiger partial charge on any atom is -0.480 e. The second kappa shape index (κ2) is 11.3. The van der Waals surface area contributed by atoms with Gasteiger partial charge in [0.25, 0.3) is 0 Å². The molecule has 1 amide bonds. The molecule has 164 valence electrons. The topological polar surface area (TPSA) is 72.9 Å². The number of piperidine rings is 1. The van der Waals surface area contributed by atoms with Crippen molar-refractivity contribution in [1.82, 2.24) is 15.1 Å². The molecule has 2 N–H and O–H groups in total. The molecule has 6 nitrogen and oxygen atoms in total. The van der Waals surface area contributed by atoms with Gasteiger partial charge in [0.05, 0.1) is 19.1 Å². The van der Waals surface area contributed by atoms with Crippen LogP contribution in [0.2, 0.25) is 0 Å². The van der Waals surface area contributed by atoms with Crippen LogP contribution in [0.4, 0.5) is 0 Å². The molecule has 0 bridgehead atoms. The summed E-state index contributed by atoms with van der Waals surface area (Å²) in [4.78, 5) is 27.7. The zero-order valence-corrected chi connectivity index (χ0v) is 18.5. The normalized spacial score (nSPS) is 16.2. The second-order valence-corrected chi connectivity index (χ2v) is 7.86. The van der Waals surface area contributed by atoms with Crippen LogP contribution in [0.15, 0.2) is 42.5 Å². The number of carboxylic acid groups (broad SMARTS) is 1. The Labute approximate surface area is 184 Å². The fraction of sp³-hybridized carbons (Fsp3) is 0.478. The number of carbonyl (C=O) groups excluding carboxylic acids is 1. The van der Waals surface area contributed by atoms with Gasteiger partial charge in [0.15, 0.2) is 0 Å². The largest absolute Gasteiger partial charge is 0.480 e. The standard InChI is InChI=1S/C23H31N3O3.ClH/c1-3-26(16-23(28)29)21-10-12-25(13-11-21)15-22(27)24-17(2)19-9-8-18-6-4-5-7-20(18)14-19;/h4-9,14,17,21H,3,10-13,15-16H2,1-2H3,(H,24,27)(H,28,29);1H. The van der Waals surface area contributed by atoms with Gasteiger partial charge in [-0.2, -0.15) is 0 Å². The first-order valence-electron chi connectivity index (χ1n) is 10.4. The molecular formula is C23H32ClN3O3. The van der Waals surface area contributed by atoms with E-state index >= 15 is 0 Å². The third-order valence-corrected chi connectivity index (χ3v) is 5.84. The van der Waals surface area contributed by atoms with Crippen molar-refractivity contribution in [2.75, 3.05) is 32.7 Å². The van der Waals surface area contributed by atoms with Crippen LogP contribution in [0, 0.1) is 0 Å². The van der Waals surface area contributed by atoms with Gasteiger partial charge in [-0.15, -0.1) is 12.4 Å². The minimum atomic E-state index is -0.781. The molecule has 2 aromatic carbocycles. The van der Waals surface area contributed by atoms with E-state index in [0.717, 1.165) is 38.0 Å². The highest BCUT2D eigenvalue weighted by Crippen LogP contribution is 2.20. The van der Waals surface area contributed by atoms with Gasteiger partial charge < -0.3 is 10.4 Å². The molecular weight excluding hydrogens is 402 g/mol. The zero-order chi connectivity index (χ0) is 20.8. The fourth-order valence-electron chi connectivity index (χ4n) is 4.17. The average Bonchev–Trinajstić information content (AvgIpc) is 2.72. The number of likely N-dealkylation sites (N-methyl/N-ethyl adjacent to an activating group) is 1. The van der Waals surface area contributed by atoms with E-state index < -0.39 is 5.97 Å². The van der Waals surface area contributed by atoms with Gasteiger partial charge in [-0.25, -0.2) is 0 Å². The van der Waals surface area contributed by atoms with Crippen molar-refractivity contribution < 1.29 is 14.7 Å². The number of hydrogen-bond acceptors (Lipinski definition) is 4. The Hall–Kier alpha value is -2.15. The number of rotatable bonds is 8. The molecule has 0 radical (unpaired) electrons. The van der Waals surface area contributed by atoms with E-state index in [4.69, 9.17) is 5.11 Å². The van der Waals surface area contributed by atoms with Gasteiger partial charge in [-0.1, -0.05) is 43.3 Å². The zero-order valence-electron chi connectivity index (χ0n) is 17.7. The third kappa shape index (κ3) is 6.42. The van der Waals surface area contributed by atoms with Crippen LogP contribution in [-0.2, 0) is 9.59 Å². The number of nitrogens with zero attached hydrogens (tertiary/aromatic N) is 2. The van der Waals surface area contributed by atoms with Gasteiger partial charge >= 0.3 is 5.97 Å². The van der Waals surface area contributed by atoms with Crippen molar-refractivity contribution in [2.24, 2.45) is 0 Å². The van der Waals surface area contributed by atoms with E-state index in [0.29, 0.717) is 6.54 Å². The van der Waals surface area contributed by atoms with Gasteiger partial charge in [0, 0.05) is 19.1 Å². The highest BCUT2D eigenvalue weighted by Gasteiger charge is 2.26. The molecule has 0 saturated carbocycles. The first-order valence-corrected chi connectivity index (χ1v) is 10.4. The van der Waals surface area contributed by atoms with Gasteiger partial charge in [0.1, 0.15) is 0 Å². The Morgan fingerprint density at radius 2 is 1.83 bits per heavy atom. The van der Waals surface area contributed by atoms with Crippen LogP contribution in [0.5, 0.6) is 0 Å². The van der Waals surface area contributed by atoms with Gasteiger partial charge in [0.2, 0.25) is 5.91 Å². The molecule has 1 aliphatic heterocycles. The summed E-state index contributed by atoms with van der Waals surface area (Å²) in [6.45, 7) is 6.86. The van der Waals surface area contributed by atoms with Crippen LogP contribution in [0.25, 0.3) is 10.8 Å². The van der Waals surface area contributed by atoms with Crippen molar-refractivity contribution in [3.63, 3.8) is 0 Å². The van der Waals surface area contributed by atoms with Crippen molar-refractivity contribution in [3.8, 4) is 0 Å². The molecule has 0 aromatic heterocycles. The van der Waals surface area contributed by atoms with E-state index in [2.05, 4.69) is 40.5 Å². The second-order valence-electron chi connectivity index (χ2n) is 7.86. The lowest BCUT2D eigenvalue weighted by Gasteiger charge is -2.37. The number of amides is 1. The maximum atomic E-state index is 12.5. The Balaban J connectivity index is 0.00000320. The molecule has 1 saturated heterocycles. The summed E-state index contributed by atoms with van der Waals surface area (Å²) in [6.07, 6.45) is 1.79. The minimum absolute atomic E-state index is 0. The number of carboxylic acids is 1. The van der Waals surface area contributed by atoms with Crippen molar-refractivity contribution >= 4 is 35.1 Å². The predicted octanol–water partition coefficient (Wildman–Crippen LogP) is 3.31. The third-order valence-electron chi connectivity index (χ3n) is 5.84. The summed E-state index contributed by atoms with van der Waals surface area (Å²) in [5.41, 5.74) is 1.10. The maximum absolute atomic E-state index is 12.5. The molecule has 1 unspecified atom stereocenters. The first kappa shape index (κ1) is 24.1. The lowest BCUT2D eigenvalue weighted by Crippen LogP contribution is -2.48. The average molecular weight is 434 g/mol. The number of likely N-dealkylation sites (tertiary alicyclic amines) is 1. The number of hydrogen-bond donors (Lipinski definition) is 2. The SMILES string of the molecule is CCN(CC(=O)O)C1CCN(CC(=O)NC(C)c2ccc3ccccc3c2)CC1.Cl. The molecule has 3 rings (SSSR count). The lowest BCUT2D eigenvalue weighted by molar-refractivity contribution is -0.139. The van der Waals surface area contributed by atoms with E-state index in [-0.39, 0.29) is 36.9 Å². The maximum Gasteiger partial charge on any atom is 0.317 e. The summed E-state index contributed by atoms with van der Waals surface area (Å²) >= 11 is 0. The Bertz CT molecular complexity index is 852. The molecule has 0 spiro atoms. The monoisotopic (exact) mass is 433 g/mol. The summed E-state index contributed by atoms with van der Waals surface area (Å²) in [5, 5.41) is 14.5. The smallest absolute Gasteiger partial charge is 0.317 e. The lowest BCUT2D eigenvalue weighted by atomic mass is 10.0. The van der Waals surface area contributed by atoms with Crippen molar-refractivity contribution in [2.45, 2.75) is 38.8 Å². The van der Waals surface area contributed by atoms with Crippen LogP contribution in [0.3, 0.4) is 0 Å². The predicted molar refractivity (Wildman–Crippen MR) is 122 cm³/mol. The van der Waals surface area contributed by atoms with Crippen molar-refractivity contribution in [3.05, 3.63) is 48.0 Å². The molecule has 2 aromatic rings. The van der Waals surface area contributed by atoms with E-state index in [1.807, 2.05) is 30.9 Å². The molecule has 30 heavy (non-hydrogen) atoms. The molecule has 1 atom stereocenters. The van der Waals surface area contributed by atoms with Crippen LogP contribution in [0.1, 0.15) is 38.3 Å². The highest BCUT2D eigenvalue weighted by atomic mass is 35.5. The van der Waals surface area contributed by atoms with Crippen LogP contribution < -0.4 is 5.32 Å². The summed E-state index contributed by atoms with van der Waals surface area (Å²) < 4.78 is 0. The van der Waals surface area contributed by atoms with Crippen LogP contribution >= 0.6 is 12.4 Å². The van der Waals surface area contributed by atoms with Crippen LogP contribution in [-0.4, -0.2) is 65.5 Å². The number of benzene rings is 2. The fourth-order valence-corrected chi connectivity index (χ4v) is 4.17. The van der Waals surface area contributed by atoms with E-state index in [1.54, 1.807) is 0 Å². The Morgan fingerprint density at radius 1 is 1.17 bits per heavy atom. The Morgan fingerprint density at radius 3 is 2.47 bits per heavy atom. The number of nitrogens with one attached hydrogen (secondary N) is 1. The molecule has 1 fully saturated rings. The van der Waals surface area contributed by atoms with E-state index in [1.165, 1.54) is 10.8 Å². The molecule has 0 aliphatic carbocycles. The quantitative estimate of drug-likeness (QED) is 0.668. The Kier molecular flexibility index (Phi) is 9.08. The molecule has 1 heterocycles. The molecule has 1 aliphatic rings. The van der Waals surface area contributed by atoms with Crippen molar-refractivity contribution in [1.29, 1.82) is 0 Å². The van der Waals surface area contributed by atoms with E-state index in [9.17, 15) is 9.59 Å². The number of aliphatic carboxylic acids is 1. The number of carbonyl (C=O) groups is 2.